The van der Waals surface area contributed by atoms with Gasteiger partial charge in [-0.05, 0) is 12.1 Å². The Morgan fingerprint density at radius 3 is 2.38 bits per heavy atom. The first-order valence-corrected chi connectivity index (χ1v) is 7.73. The topological polar surface area (TPSA) is 66.5 Å². The molecular weight excluding hydrogens is 309 g/mol. The van der Waals surface area contributed by atoms with E-state index >= 15 is 0 Å². The lowest BCUT2D eigenvalue weighted by Gasteiger charge is -2.19. The second kappa shape index (κ2) is 6.33. The molecule has 9 heteroatoms. The van der Waals surface area contributed by atoms with Crippen molar-refractivity contribution in [2.45, 2.75) is 11.1 Å². The average Bonchev–Trinajstić information content (AvgIpc) is 2.33. The monoisotopic (exact) mass is 324 g/mol. The van der Waals surface area contributed by atoms with Crippen LogP contribution in [0.4, 0.5) is 18.9 Å². The van der Waals surface area contributed by atoms with Crippen LogP contribution in [0.15, 0.2) is 29.2 Å². The van der Waals surface area contributed by atoms with E-state index in [4.69, 9.17) is 0 Å². The zero-order chi connectivity index (χ0) is 16.3. The highest BCUT2D eigenvalue weighted by Crippen LogP contribution is 2.20. The summed E-state index contributed by atoms with van der Waals surface area (Å²) in [5.41, 5.74) is 0.175. The number of para-hydroxylation sites is 1. The molecule has 0 saturated heterocycles. The van der Waals surface area contributed by atoms with Crippen molar-refractivity contribution in [1.82, 2.24) is 4.90 Å². The lowest BCUT2D eigenvalue weighted by molar-refractivity contribution is -0.157. The fourth-order valence-electron chi connectivity index (χ4n) is 1.60. The Balaban J connectivity index is 2.75. The number of likely N-dealkylation sites (N-methyl/N-ethyl adjacent to an activating group) is 1. The molecular formula is C12H15F3N2O3S. The van der Waals surface area contributed by atoms with Gasteiger partial charge in [-0.25, -0.2) is 8.42 Å². The lowest BCUT2D eigenvalue weighted by atomic mass is 10.3. The smallest absolute Gasteiger partial charge is 0.375 e. The number of anilines is 1. The molecule has 118 valence electrons. The Morgan fingerprint density at radius 2 is 1.86 bits per heavy atom. The van der Waals surface area contributed by atoms with Crippen LogP contribution < -0.4 is 5.32 Å². The third-order valence-corrected chi connectivity index (χ3v) is 3.71. The maximum atomic E-state index is 12.2. The van der Waals surface area contributed by atoms with Crippen molar-refractivity contribution < 1.29 is 26.4 Å². The first kappa shape index (κ1) is 17.3. The van der Waals surface area contributed by atoms with Gasteiger partial charge >= 0.3 is 6.18 Å². The van der Waals surface area contributed by atoms with E-state index in [0.717, 1.165) is 13.3 Å². The predicted molar refractivity (Wildman–Crippen MR) is 71.7 cm³/mol. The molecule has 0 fully saturated rings. The Bertz CT molecular complexity index is 614. The van der Waals surface area contributed by atoms with E-state index in [9.17, 15) is 26.4 Å². The molecule has 1 aromatic carbocycles. The van der Waals surface area contributed by atoms with E-state index in [1.54, 1.807) is 6.07 Å². The highest BCUT2D eigenvalue weighted by molar-refractivity contribution is 7.90. The summed E-state index contributed by atoms with van der Waals surface area (Å²) in [5.74, 6) is -0.796. The van der Waals surface area contributed by atoms with Gasteiger partial charge in [0.25, 0.3) is 0 Å². The predicted octanol–water partition coefficient (Wildman–Crippen LogP) is 1.52. The van der Waals surface area contributed by atoms with Gasteiger partial charge in [-0.15, -0.1) is 0 Å². The first-order valence-electron chi connectivity index (χ1n) is 5.84. The summed E-state index contributed by atoms with van der Waals surface area (Å²) >= 11 is 0. The van der Waals surface area contributed by atoms with Crippen LogP contribution in [0, 0.1) is 0 Å². The maximum absolute atomic E-state index is 12.2. The quantitative estimate of drug-likeness (QED) is 0.892. The number of hydrogen-bond acceptors (Lipinski definition) is 4. The standard InChI is InChI=1S/C12H15F3N2O3S/c1-17(8-12(13,14)15)11(18)7-16-9-5-3-4-6-10(9)21(2,19)20/h3-6,16H,7-8H2,1-2H3. The number of hydrogen-bond donors (Lipinski definition) is 1. The van der Waals surface area contributed by atoms with Crippen molar-refractivity contribution in [2.75, 3.05) is 31.7 Å². The number of sulfone groups is 1. The van der Waals surface area contributed by atoms with Crippen LogP contribution in [0.5, 0.6) is 0 Å². The largest absolute Gasteiger partial charge is 0.406 e. The van der Waals surface area contributed by atoms with Gasteiger partial charge < -0.3 is 10.2 Å². The van der Waals surface area contributed by atoms with Gasteiger partial charge in [0.15, 0.2) is 9.84 Å². The number of alkyl halides is 3. The van der Waals surface area contributed by atoms with Gasteiger partial charge in [-0.2, -0.15) is 13.2 Å². The highest BCUT2D eigenvalue weighted by Gasteiger charge is 2.31. The minimum atomic E-state index is -4.48. The number of carbonyl (C=O) groups excluding carboxylic acids is 1. The second-order valence-corrected chi connectivity index (χ2v) is 6.47. The van der Waals surface area contributed by atoms with Gasteiger partial charge in [0.1, 0.15) is 6.54 Å². The summed E-state index contributed by atoms with van der Waals surface area (Å²) in [6.07, 6.45) is -3.47. The number of carbonyl (C=O) groups is 1. The van der Waals surface area contributed by atoms with Crippen molar-refractivity contribution in [3.63, 3.8) is 0 Å². The summed E-state index contributed by atoms with van der Waals surface area (Å²) in [5, 5.41) is 2.55. The third-order valence-electron chi connectivity index (χ3n) is 2.56. The molecule has 0 aliphatic rings. The van der Waals surface area contributed by atoms with Crippen LogP contribution >= 0.6 is 0 Å². The van der Waals surface area contributed by atoms with Crippen molar-refractivity contribution in [2.24, 2.45) is 0 Å². The molecule has 1 aromatic rings. The van der Waals surface area contributed by atoms with Crippen molar-refractivity contribution in [3.05, 3.63) is 24.3 Å². The molecule has 0 spiro atoms. The molecule has 0 aromatic heterocycles. The lowest BCUT2D eigenvalue weighted by Crippen LogP contribution is -2.39. The van der Waals surface area contributed by atoms with Gasteiger partial charge in [0, 0.05) is 13.3 Å². The molecule has 0 radical (unpaired) electrons. The summed E-state index contributed by atoms with van der Waals surface area (Å²) in [7, 11) is -2.47. The van der Waals surface area contributed by atoms with Crippen molar-refractivity contribution in [1.29, 1.82) is 0 Å². The number of benzene rings is 1. The Kier molecular flexibility index (Phi) is 5.21. The highest BCUT2D eigenvalue weighted by atomic mass is 32.2. The van der Waals surface area contributed by atoms with Crippen LogP contribution in [0.25, 0.3) is 0 Å². The van der Waals surface area contributed by atoms with Gasteiger partial charge in [-0.1, -0.05) is 12.1 Å². The second-order valence-electron chi connectivity index (χ2n) is 4.49. The minimum Gasteiger partial charge on any atom is -0.375 e. The van der Waals surface area contributed by atoms with Gasteiger partial charge in [0.2, 0.25) is 5.91 Å². The van der Waals surface area contributed by atoms with E-state index in [2.05, 4.69) is 5.32 Å². The summed E-state index contributed by atoms with van der Waals surface area (Å²) < 4.78 is 59.5. The number of nitrogens with zero attached hydrogens (tertiary/aromatic N) is 1. The van der Waals surface area contributed by atoms with Crippen LogP contribution in [0.3, 0.4) is 0 Å². The minimum absolute atomic E-state index is 0.0173. The molecule has 1 rings (SSSR count). The normalized spacial score (nSPS) is 12.0. The molecule has 0 heterocycles. The molecule has 0 saturated carbocycles. The van der Waals surface area contributed by atoms with E-state index in [1.807, 2.05) is 0 Å². The third kappa shape index (κ3) is 5.62. The van der Waals surface area contributed by atoms with Crippen LogP contribution in [0.1, 0.15) is 0 Å². The molecule has 0 atom stereocenters. The zero-order valence-electron chi connectivity index (χ0n) is 11.4. The molecule has 0 unspecified atom stereocenters. The average molecular weight is 324 g/mol. The first-order chi connectivity index (χ1) is 9.50. The van der Waals surface area contributed by atoms with Gasteiger partial charge in [0.05, 0.1) is 17.1 Å². The van der Waals surface area contributed by atoms with Crippen molar-refractivity contribution >= 4 is 21.4 Å². The van der Waals surface area contributed by atoms with Gasteiger partial charge in [-0.3, -0.25) is 4.79 Å². The maximum Gasteiger partial charge on any atom is 0.406 e. The van der Waals surface area contributed by atoms with Crippen LogP contribution in [-0.2, 0) is 14.6 Å². The SMILES string of the molecule is CN(CC(F)(F)F)C(=O)CNc1ccccc1S(C)(=O)=O. The van der Waals surface area contributed by atoms with Crippen LogP contribution in [0.2, 0.25) is 0 Å². The summed E-state index contributed by atoms with van der Waals surface area (Å²) in [4.78, 5) is 12.1. The number of rotatable bonds is 5. The molecule has 0 bridgehead atoms. The molecule has 5 nitrogen and oxygen atoms in total. The number of amides is 1. The summed E-state index contributed by atoms with van der Waals surface area (Å²) in [6, 6.07) is 5.86. The molecule has 21 heavy (non-hydrogen) atoms. The van der Waals surface area contributed by atoms with E-state index in [0.29, 0.717) is 4.90 Å². The zero-order valence-corrected chi connectivity index (χ0v) is 12.3. The fraction of sp³-hybridized carbons (Fsp3) is 0.417. The molecule has 0 aliphatic carbocycles. The molecule has 1 amide bonds. The Morgan fingerprint density at radius 1 is 1.29 bits per heavy atom. The number of nitrogens with one attached hydrogen (secondary N) is 1. The Labute approximate surface area is 120 Å². The van der Waals surface area contributed by atoms with E-state index in [-0.39, 0.29) is 10.6 Å². The van der Waals surface area contributed by atoms with Crippen LogP contribution in [-0.4, -0.2) is 51.8 Å². The van der Waals surface area contributed by atoms with Crippen molar-refractivity contribution in [3.8, 4) is 0 Å². The molecule has 0 aliphatic heterocycles. The van der Waals surface area contributed by atoms with E-state index in [1.165, 1.54) is 18.2 Å². The number of halogens is 3. The summed E-state index contributed by atoms with van der Waals surface area (Å²) in [6.45, 7) is -1.79. The molecule has 1 N–H and O–H groups in total. The fourth-order valence-corrected chi connectivity index (χ4v) is 2.46. The Hall–Kier alpha value is -1.77. The van der Waals surface area contributed by atoms with E-state index < -0.39 is 35.0 Å².